The lowest BCUT2D eigenvalue weighted by molar-refractivity contribution is -0.344. The fraction of sp³-hybridized carbons (Fsp3) is 0.886. The zero-order valence-corrected chi connectivity index (χ0v) is 33.9. The third-order valence-corrected chi connectivity index (χ3v) is 11.0. The van der Waals surface area contributed by atoms with E-state index in [4.69, 9.17) is 37.9 Å². The zero-order chi connectivity index (χ0) is 45.3. The van der Waals surface area contributed by atoms with Crippen LogP contribution in [0.1, 0.15) is 20.3 Å². The first-order chi connectivity index (χ1) is 28.9. The van der Waals surface area contributed by atoms with Crippen molar-refractivity contribution in [2.45, 2.75) is 137 Å². The second-order valence-electron chi connectivity index (χ2n) is 15.1. The number of amides is 2. The summed E-state index contributed by atoms with van der Waals surface area (Å²) < 4.78 is 46.6. The number of carbonyl (C=O) groups excluding carboxylic acids is 2. The minimum Gasteiger partial charge on any atom is -0.480 e. The molecule has 14 N–H and O–H groups in total. The summed E-state index contributed by atoms with van der Waals surface area (Å²) in [6.07, 6.45) is -22.5. The number of aliphatic hydroxyl groups is 8. The Kier molecular flexibility index (Phi) is 19.3. The molecule has 2 amide bonds. The van der Waals surface area contributed by atoms with E-state index < -0.39 is 185 Å². The molecular weight excluding hydrogens is 828 g/mol. The highest BCUT2D eigenvalue weighted by molar-refractivity contribution is 5.73. The summed E-state index contributed by atoms with van der Waals surface area (Å²) >= 11 is 0. The van der Waals surface area contributed by atoms with Crippen molar-refractivity contribution in [3.63, 3.8) is 0 Å². The van der Waals surface area contributed by atoms with E-state index in [1.807, 2.05) is 0 Å². The smallest absolute Gasteiger partial charge is 0.317 e. The predicted molar refractivity (Wildman–Crippen MR) is 197 cm³/mol. The van der Waals surface area contributed by atoms with Crippen LogP contribution in [0.2, 0.25) is 0 Å². The second kappa shape index (κ2) is 23.2. The van der Waals surface area contributed by atoms with Gasteiger partial charge in [-0.25, -0.2) is 0 Å². The SMILES string of the molecule is COC1OC(CO)C(OC2CC(CO)C(OC3OC(CO)C(OC4OC(CO)C(OC)C(O)C4NC(C)=O)C(O)C3NCC(=O)O)C(O)C2NC(C)=O)C(O)C1NCC(=O)O. The number of hydrogen-bond donors (Lipinski definition) is 14. The number of aliphatic carboxylic acids is 2. The van der Waals surface area contributed by atoms with E-state index >= 15 is 0 Å². The first-order valence-corrected chi connectivity index (χ1v) is 19.5. The van der Waals surface area contributed by atoms with Gasteiger partial charge in [0.15, 0.2) is 18.9 Å². The molecule has 4 aliphatic rings. The summed E-state index contributed by atoms with van der Waals surface area (Å²) in [6.45, 7) is -2.15. The van der Waals surface area contributed by atoms with Gasteiger partial charge in [0.25, 0.3) is 0 Å². The maximum atomic E-state index is 12.5. The minimum absolute atomic E-state index is 0.233. The fourth-order valence-electron chi connectivity index (χ4n) is 8.21. The average molecular weight is 889 g/mol. The monoisotopic (exact) mass is 888 g/mol. The molecule has 1 aliphatic carbocycles. The van der Waals surface area contributed by atoms with Crippen molar-refractivity contribution in [2.75, 3.05) is 53.7 Å². The summed E-state index contributed by atoms with van der Waals surface area (Å²) in [4.78, 5) is 47.7. The van der Waals surface area contributed by atoms with Gasteiger partial charge in [0.05, 0.1) is 63.2 Å². The molecule has 20 atom stereocenters. The van der Waals surface area contributed by atoms with Crippen LogP contribution in [0.4, 0.5) is 0 Å². The molecule has 20 unspecified atom stereocenters. The Morgan fingerprint density at radius 1 is 0.541 bits per heavy atom. The molecule has 0 aromatic heterocycles. The molecule has 3 heterocycles. The van der Waals surface area contributed by atoms with E-state index in [0.29, 0.717) is 0 Å². The predicted octanol–water partition coefficient (Wildman–Crippen LogP) is -8.13. The molecule has 352 valence electrons. The third-order valence-electron chi connectivity index (χ3n) is 11.0. The molecule has 0 aromatic rings. The highest BCUT2D eigenvalue weighted by Crippen LogP contribution is 2.37. The van der Waals surface area contributed by atoms with Gasteiger partial charge in [-0.1, -0.05) is 0 Å². The summed E-state index contributed by atoms with van der Waals surface area (Å²) in [5, 5.41) is 116. The molecule has 0 aromatic carbocycles. The van der Waals surface area contributed by atoms with Crippen molar-refractivity contribution in [3.8, 4) is 0 Å². The van der Waals surface area contributed by atoms with Crippen LogP contribution < -0.4 is 21.3 Å². The van der Waals surface area contributed by atoms with Crippen molar-refractivity contribution < 1.29 is 108 Å². The van der Waals surface area contributed by atoms with E-state index in [1.54, 1.807) is 0 Å². The lowest BCUT2D eigenvalue weighted by atomic mass is 9.79. The highest BCUT2D eigenvalue weighted by atomic mass is 16.7. The number of carboxylic acid groups (broad SMARTS) is 2. The molecule has 4 fully saturated rings. The van der Waals surface area contributed by atoms with Gasteiger partial charge in [-0.3, -0.25) is 29.8 Å². The van der Waals surface area contributed by atoms with E-state index in [2.05, 4.69) is 21.3 Å². The van der Waals surface area contributed by atoms with Crippen LogP contribution >= 0.6 is 0 Å². The van der Waals surface area contributed by atoms with Gasteiger partial charge in [0, 0.05) is 40.6 Å². The number of carbonyl (C=O) groups is 4. The van der Waals surface area contributed by atoms with Crippen molar-refractivity contribution in [3.05, 3.63) is 0 Å². The summed E-state index contributed by atoms with van der Waals surface area (Å²) in [5.41, 5.74) is 0. The van der Waals surface area contributed by atoms with E-state index in [0.717, 1.165) is 13.8 Å². The standard InChI is InChI=1S/C35H60N4O22/c1-12(44)38-21-15(56-31-17(10-42)57-33(55-4)22(26(31)51)36-6-19(46)47)5-14(8-40)29(25(21)50)60-34-23(37-7-20(48)49)27(52)32(18(11-43)59-34)61-35-24(39-13(2)45)28(53)30(54-3)16(9-41)58-35/h14-18,21-37,40-43,50-53H,5-11H2,1-4H3,(H,38,44)(H,39,45)(H,46,47)(H,48,49). The molecule has 26 nitrogen and oxygen atoms in total. The Labute approximate surface area is 349 Å². The van der Waals surface area contributed by atoms with Crippen LogP contribution in [0.15, 0.2) is 0 Å². The maximum Gasteiger partial charge on any atom is 0.317 e. The second-order valence-corrected chi connectivity index (χ2v) is 15.1. The van der Waals surface area contributed by atoms with Crippen molar-refractivity contribution in [1.82, 2.24) is 21.3 Å². The van der Waals surface area contributed by atoms with E-state index in [-0.39, 0.29) is 6.42 Å². The molecule has 61 heavy (non-hydrogen) atoms. The average Bonchev–Trinajstić information content (AvgIpc) is 3.21. The maximum absolute atomic E-state index is 12.5. The number of ether oxygens (including phenoxy) is 8. The molecule has 3 saturated heterocycles. The van der Waals surface area contributed by atoms with Gasteiger partial charge in [-0.05, 0) is 6.42 Å². The molecule has 1 saturated carbocycles. The Morgan fingerprint density at radius 2 is 0.951 bits per heavy atom. The fourth-order valence-corrected chi connectivity index (χ4v) is 8.21. The normalized spacial score (nSPS) is 41.8. The summed E-state index contributed by atoms with van der Waals surface area (Å²) in [7, 11) is 2.47. The van der Waals surface area contributed by atoms with Crippen molar-refractivity contribution >= 4 is 23.8 Å². The van der Waals surface area contributed by atoms with Crippen LogP contribution in [0.25, 0.3) is 0 Å². The van der Waals surface area contributed by atoms with Crippen LogP contribution in [0, 0.1) is 5.92 Å². The van der Waals surface area contributed by atoms with E-state index in [9.17, 15) is 70.2 Å². The van der Waals surface area contributed by atoms with Gasteiger partial charge in [0.1, 0.15) is 67.1 Å². The number of rotatable bonds is 20. The van der Waals surface area contributed by atoms with Gasteiger partial charge in [0.2, 0.25) is 11.8 Å². The molecule has 3 aliphatic heterocycles. The minimum atomic E-state index is -1.85. The Morgan fingerprint density at radius 3 is 1.41 bits per heavy atom. The van der Waals surface area contributed by atoms with Crippen LogP contribution in [0.5, 0.6) is 0 Å². The Balaban J connectivity index is 1.62. The number of aliphatic hydroxyl groups excluding tert-OH is 8. The first-order valence-electron chi connectivity index (χ1n) is 19.5. The van der Waals surface area contributed by atoms with Crippen LogP contribution in [-0.2, 0) is 57.1 Å². The van der Waals surface area contributed by atoms with Crippen LogP contribution in [0.3, 0.4) is 0 Å². The number of hydrogen-bond acceptors (Lipinski definition) is 22. The van der Waals surface area contributed by atoms with Gasteiger partial charge in [-0.2, -0.15) is 0 Å². The molecule has 4 rings (SSSR count). The van der Waals surface area contributed by atoms with E-state index in [1.165, 1.54) is 14.2 Å². The number of nitrogens with one attached hydrogen (secondary N) is 4. The molecule has 0 spiro atoms. The van der Waals surface area contributed by atoms with Gasteiger partial charge in [-0.15, -0.1) is 0 Å². The lowest BCUT2D eigenvalue weighted by Gasteiger charge is -2.51. The molecule has 0 bridgehead atoms. The molecular formula is C35H60N4O22. The van der Waals surface area contributed by atoms with Crippen molar-refractivity contribution in [2.24, 2.45) is 5.92 Å². The topological polar surface area (TPSA) is 393 Å². The highest BCUT2D eigenvalue weighted by Gasteiger charge is 2.55. The van der Waals surface area contributed by atoms with Crippen molar-refractivity contribution in [1.29, 1.82) is 0 Å². The quantitative estimate of drug-likeness (QED) is 0.0540. The third kappa shape index (κ3) is 12.2. The molecule has 26 heteroatoms. The number of carboxylic acids is 2. The summed E-state index contributed by atoms with van der Waals surface area (Å²) in [5.74, 6) is -5.05. The summed E-state index contributed by atoms with van der Waals surface area (Å²) in [6, 6.07) is -5.50. The van der Waals surface area contributed by atoms with Gasteiger partial charge >= 0.3 is 11.9 Å². The number of methoxy groups -OCH3 is 2. The van der Waals surface area contributed by atoms with Gasteiger partial charge < -0.3 is 99.6 Å². The Hall–Kier alpha value is -2.84. The Bertz CT molecular complexity index is 1440. The largest absolute Gasteiger partial charge is 0.480 e. The first kappa shape index (κ1) is 50.8. The molecule has 0 radical (unpaired) electrons. The zero-order valence-electron chi connectivity index (χ0n) is 33.9. The lowest BCUT2D eigenvalue weighted by Crippen LogP contribution is -2.70. The van der Waals surface area contributed by atoms with Crippen LogP contribution in [-0.4, -0.2) is 245 Å².